The first kappa shape index (κ1) is 20.4. The van der Waals surface area contributed by atoms with Gasteiger partial charge in [0.05, 0.1) is 0 Å². The normalized spacial score (nSPS) is 22.6. The van der Waals surface area contributed by atoms with Gasteiger partial charge in [0, 0.05) is 10.2 Å². The van der Waals surface area contributed by atoms with Gasteiger partial charge >= 0.3 is 0 Å². The molecule has 1 heteroatoms. The lowest BCUT2D eigenvalue weighted by molar-refractivity contribution is 0.196. The fourth-order valence-electron chi connectivity index (χ4n) is 5.59. The van der Waals surface area contributed by atoms with Crippen molar-refractivity contribution in [1.29, 1.82) is 0 Å². The Kier molecular flexibility index (Phi) is 6.25. The van der Waals surface area contributed by atoms with Gasteiger partial charge in [0.2, 0.25) is 0 Å². The van der Waals surface area contributed by atoms with Gasteiger partial charge in [0.25, 0.3) is 0 Å². The fourth-order valence-corrected chi connectivity index (χ4v) is 6.92. The lowest BCUT2D eigenvalue weighted by Gasteiger charge is -2.47. The molecule has 0 saturated heterocycles. The highest BCUT2D eigenvalue weighted by Gasteiger charge is 2.46. The van der Waals surface area contributed by atoms with Crippen molar-refractivity contribution in [2.24, 2.45) is 17.8 Å². The van der Waals surface area contributed by atoms with Gasteiger partial charge in [0.1, 0.15) is 0 Å². The van der Waals surface area contributed by atoms with Gasteiger partial charge in [-0.2, -0.15) is 0 Å². The zero-order valence-electron chi connectivity index (χ0n) is 17.5. The van der Waals surface area contributed by atoms with Crippen molar-refractivity contribution < 1.29 is 0 Å². The largest absolute Gasteiger partial charge is 0.0887 e. The summed E-state index contributed by atoms with van der Waals surface area (Å²) in [6, 6.07) is 33.6. The summed E-state index contributed by atoms with van der Waals surface area (Å²) >= 11 is 4.11. The van der Waals surface area contributed by atoms with Gasteiger partial charge in [-0.1, -0.05) is 121 Å². The third kappa shape index (κ3) is 3.82. The van der Waals surface area contributed by atoms with Crippen LogP contribution < -0.4 is 0 Å². The quantitative estimate of drug-likeness (QED) is 0.276. The van der Waals surface area contributed by atoms with Crippen molar-refractivity contribution in [3.05, 3.63) is 108 Å². The molecule has 150 valence electrons. The molecule has 0 aliphatic heterocycles. The molecule has 0 bridgehead atoms. The minimum atomic E-state index is -0.127. The number of hydrogen-bond donors (Lipinski definition) is 0. The third-order valence-electron chi connectivity index (χ3n) is 6.98. The summed E-state index contributed by atoms with van der Waals surface area (Å²) in [5.74, 6) is 2.03. The Hall–Kier alpha value is -1.86. The van der Waals surface area contributed by atoms with Gasteiger partial charge in [-0.3, -0.25) is 0 Å². The summed E-state index contributed by atoms with van der Waals surface area (Å²) in [6.45, 7) is 4.75. The van der Waals surface area contributed by atoms with Crippen molar-refractivity contribution in [2.45, 2.75) is 43.4 Å². The molecule has 3 aromatic rings. The van der Waals surface area contributed by atoms with Crippen LogP contribution >= 0.6 is 15.9 Å². The molecule has 1 aliphatic carbocycles. The highest BCUT2D eigenvalue weighted by atomic mass is 79.9. The molecule has 1 aliphatic rings. The second-order valence-electron chi connectivity index (χ2n) is 8.84. The van der Waals surface area contributed by atoms with Crippen LogP contribution in [0, 0.1) is 17.8 Å². The standard InChI is InChI=1S/C28H31Br/c1-21(2)26-19-18-25(20-27(26)29)28(22-12-6-3-7-13-22,23-14-8-4-9-15-23)24-16-10-5-11-17-24/h3-17,21,25-27H,18-20H2,1-2H3. The van der Waals surface area contributed by atoms with Crippen molar-refractivity contribution >= 4 is 15.9 Å². The van der Waals surface area contributed by atoms with E-state index in [0.717, 1.165) is 11.8 Å². The van der Waals surface area contributed by atoms with Gasteiger partial charge in [0.15, 0.2) is 0 Å². The van der Waals surface area contributed by atoms with E-state index in [0.29, 0.717) is 10.7 Å². The van der Waals surface area contributed by atoms with Crippen LogP contribution in [0.1, 0.15) is 49.8 Å². The Balaban J connectivity index is 1.92. The Labute approximate surface area is 184 Å². The van der Waals surface area contributed by atoms with E-state index < -0.39 is 0 Å². The Morgan fingerprint density at radius 3 is 1.45 bits per heavy atom. The number of alkyl halides is 1. The van der Waals surface area contributed by atoms with Crippen LogP contribution in [-0.4, -0.2) is 4.83 Å². The fraction of sp³-hybridized carbons (Fsp3) is 0.357. The zero-order valence-corrected chi connectivity index (χ0v) is 19.1. The molecule has 0 nitrogen and oxygen atoms in total. The number of benzene rings is 3. The smallest absolute Gasteiger partial charge is 0.0479 e. The number of halogens is 1. The van der Waals surface area contributed by atoms with E-state index in [1.54, 1.807) is 0 Å². The average molecular weight is 447 g/mol. The van der Waals surface area contributed by atoms with E-state index in [1.807, 2.05) is 0 Å². The summed E-state index contributed by atoms with van der Waals surface area (Å²) in [5, 5.41) is 0. The van der Waals surface area contributed by atoms with Crippen LogP contribution in [0.4, 0.5) is 0 Å². The van der Waals surface area contributed by atoms with Crippen molar-refractivity contribution in [3.63, 3.8) is 0 Å². The highest BCUT2D eigenvalue weighted by Crippen LogP contribution is 2.52. The molecule has 0 amide bonds. The lowest BCUT2D eigenvalue weighted by Crippen LogP contribution is -2.43. The first-order valence-corrected chi connectivity index (χ1v) is 11.9. The van der Waals surface area contributed by atoms with Crippen LogP contribution in [-0.2, 0) is 5.41 Å². The van der Waals surface area contributed by atoms with E-state index in [4.69, 9.17) is 0 Å². The maximum absolute atomic E-state index is 4.11. The summed E-state index contributed by atoms with van der Waals surface area (Å²) in [4.78, 5) is 0.566. The summed E-state index contributed by atoms with van der Waals surface area (Å²) in [7, 11) is 0. The topological polar surface area (TPSA) is 0 Å². The summed E-state index contributed by atoms with van der Waals surface area (Å²) in [6.07, 6.45) is 3.73. The van der Waals surface area contributed by atoms with Crippen LogP contribution in [0.15, 0.2) is 91.0 Å². The molecule has 0 heterocycles. The Morgan fingerprint density at radius 1 is 0.690 bits per heavy atom. The van der Waals surface area contributed by atoms with Gasteiger partial charge in [-0.05, 0) is 53.7 Å². The predicted octanol–water partition coefficient (Wildman–Crippen LogP) is 7.86. The summed E-state index contributed by atoms with van der Waals surface area (Å²) in [5.41, 5.74) is 4.10. The maximum atomic E-state index is 4.11. The SMILES string of the molecule is CC(C)C1CCC(C(c2ccccc2)(c2ccccc2)c2ccccc2)CC1Br. The van der Waals surface area contributed by atoms with Crippen molar-refractivity contribution in [1.82, 2.24) is 0 Å². The predicted molar refractivity (Wildman–Crippen MR) is 128 cm³/mol. The van der Waals surface area contributed by atoms with E-state index in [2.05, 4.69) is 121 Å². The molecular formula is C28H31Br. The van der Waals surface area contributed by atoms with Crippen molar-refractivity contribution in [2.75, 3.05) is 0 Å². The van der Waals surface area contributed by atoms with Crippen LogP contribution in [0.25, 0.3) is 0 Å². The number of hydrogen-bond acceptors (Lipinski definition) is 0. The van der Waals surface area contributed by atoms with Crippen LogP contribution in [0.3, 0.4) is 0 Å². The lowest BCUT2D eigenvalue weighted by atomic mass is 9.57. The molecule has 0 aromatic heterocycles. The minimum absolute atomic E-state index is 0.127. The van der Waals surface area contributed by atoms with Gasteiger partial charge < -0.3 is 0 Å². The van der Waals surface area contributed by atoms with Crippen LogP contribution in [0.5, 0.6) is 0 Å². The molecule has 4 rings (SSSR count). The molecule has 0 spiro atoms. The van der Waals surface area contributed by atoms with Gasteiger partial charge in [-0.15, -0.1) is 0 Å². The maximum Gasteiger partial charge on any atom is 0.0479 e. The first-order chi connectivity index (χ1) is 14.1. The molecule has 29 heavy (non-hydrogen) atoms. The molecule has 3 aromatic carbocycles. The zero-order chi connectivity index (χ0) is 20.3. The second kappa shape index (κ2) is 8.88. The summed E-state index contributed by atoms with van der Waals surface area (Å²) < 4.78 is 0. The van der Waals surface area contributed by atoms with E-state index in [9.17, 15) is 0 Å². The number of rotatable bonds is 5. The Bertz CT molecular complexity index is 789. The van der Waals surface area contributed by atoms with E-state index in [-0.39, 0.29) is 5.41 Å². The monoisotopic (exact) mass is 446 g/mol. The molecule has 1 fully saturated rings. The molecule has 0 radical (unpaired) electrons. The third-order valence-corrected chi connectivity index (χ3v) is 8.03. The van der Waals surface area contributed by atoms with Crippen LogP contribution in [0.2, 0.25) is 0 Å². The van der Waals surface area contributed by atoms with Crippen molar-refractivity contribution in [3.8, 4) is 0 Å². The van der Waals surface area contributed by atoms with E-state index >= 15 is 0 Å². The molecule has 3 atom stereocenters. The Morgan fingerprint density at radius 2 is 1.10 bits per heavy atom. The van der Waals surface area contributed by atoms with E-state index in [1.165, 1.54) is 36.0 Å². The first-order valence-electron chi connectivity index (χ1n) is 10.9. The minimum Gasteiger partial charge on any atom is -0.0887 e. The second-order valence-corrected chi connectivity index (χ2v) is 10.0. The average Bonchev–Trinajstić information content (AvgIpc) is 2.76. The molecular weight excluding hydrogens is 416 g/mol. The van der Waals surface area contributed by atoms with Gasteiger partial charge in [-0.25, -0.2) is 0 Å². The molecule has 0 N–H and O–H groups in total. The molecule has 3 unspecified atom stereocenters. The highest BCUT2D eigenvalue weighted by molar-refractivity contribution is 9.09. The molecule has 1 saturated carbocycles.